The zero-order valence-corrected chi connectivity index (χ0v) is 10.5. The van der Waals surface area contributed by atoms with Crippen LogP contribution in [0.4, 0.5) is 5.69 Å². The third-order valence-electron chi connectivity index (χ3n) is 3.04. The lowest BCUT2D eigenvalue weighted by atomic mass is 10.1. The molecule has 1 heterocycles. The van der Waals surface area contributed by atoms with Crippen LogP contribution >= 0.6 is 0 Å². The molecule has 2 aromatic rings. The van der Waals surface area contributed by atoms with Gasteiger partial charge in [-0.1, -0.05) is 30.4 Å². The van der Waals surface area contributed by atoms with Crippen LogP contribution in [0.15, 0.2) is 48.5 Å². The van der Waals surface area contributed by atoms with Crippen LogP contribution in [0.1, 0.15) is 11.1 Å². The third kappa shape index (κ3) is 2.71. The number of nitrogens with two attached hydrogens (primary N) is 1. The highest BCUT2D eigenvalue weighted by atomic mass is 16.7. The van der Waals surface area contributed by atoms with Crippen molar-refractivity contribution in [3.05, 3.63) is 59.7 Å². The zero-order chi connectivity index (χ0) is 13.1. The summed E-state index contributed by atoms with van der Waals surface area (Å²) in [5.41, 5.74) is 8.80. The Hall–Kier alpha value is -2.42. The smallest absolute Gasteiger partial charge is 0.231 e. The highest BCUT2D eigenvalue weighted by Gasteiger charge is 2.11. The predicted octanol–water partition coefficient (Wildman–Crippen LogP) is 3.25. The van der Waals surface area contributed by atoms with Crippen LogP contribution in [0.3, 0.4) is 0 Å². The van der Waals surface area contributed by atoms with Gasteiger partial charge in [0, 0.05) is 5.69 Å². The van der Waals surface area contributed by atoms with Crippen molar-refractivity contribution in [1.82, 2.24) is 0 Å². The van der Waals surface area contributed by atoms with Gasteiger partial charge in [-0.15, -0.1) is 0 Å². The molecule has 0 bridgehead atoms. The third-order valence-corrected chi connectivity index (χ3v) is 3.04. The molecule has 2 N–H and O–H groups in total. The molecule has 0 saturated heterocycles. The molecule has 0 spiro atoms. The van der Waals surface area contributed by atoms with Crippen molar-refractivity contribution in [1.29, 1.82) is 0 Å². The van der Waals surface area contributed by atoms with Gasteiger partial charge < -0.3 is 15.2 Å². The summed E-state index contributed by atoms with van der Waals surface area (Å²) in [7, 11) is 0. The predicted molar refractivity (Wildman–Crippen MR) is 76.2 cm³/mol. The van der Waals surface area contributed by atoms with Crippen LogP contribution in [-0.4, -0.2) is 6.79 Å². The van der Waals surface area contributed by atoms with Crippen molar-refractivity contribution in [2.75, 3.05) is 12.5 Å². The van der Waals surface area contributed by atoms with E-state index in [0.29, 0.717) is 6.79 Å². The van der Waals surface area contributed by atoms with Gasteiger partial charge in [0.15, 0.2) is 11.5 Å². The van der Waals surface area contributed by atoms with Crippen molar-refractivity contribution in [3.8, 4) is 11.5 Å². The molecule has 0 radical (unpaired) electrons. The maximum absolute atomic E-state index is 5.65. The minimum absolute atomic E-state index is 0.313. The summed E-state index contributed by atoms with van der Waals surface area (Å²) in [5, 5.41) is 0. The Kier molecular flexibility index (Phi) is 3.11. The van der Waals surface area contributed by atoms with E-state index < -0.39 is 0 Å². The van der Waals surface area contributed by atoms with E-state index in [9.17, 15) is 0 Å². The first-order chi connectivity index (χ1) is 9.31. The van der Waals surface area contributed by atoms with Crippen LogP contribution in [0.5, 0.6) is 11.5 Å². The molecule has 0 aromatic heterocycles. The number of benzene rings is 2. The molecule has 96 valence electrons. The van der Waals surface area contributed by atoms with Gasteiger partial charge in [-0.3, -0.25) is 0 Å². The fraction of sp³-hybridized carbons (Fsp3) is 0.125. The van der Waals surface area contributed by atoms with Gasteiger partial charge in [-0.25, -0.2) is 0 Å². The fourth-order valence-electron chi connectivity index (χ4n) is 2.00. The van der Waals surface area contributed by atoms with Crippen LogP contribution in [0, 0.1) is 0 Å². The SMILES string of the molecule is Nc1ccc(C/C=C/c2ccc3c(c2)OCO3)cc1. The second-order valence-corrected chi connectivity index (χ2v) is 4.46. The minimum Gasteiger partial charge on any atom is -0.454 e. The van der Waals surface area contributed by atoms with Gasteiger partial charge in [0.1, 0.15) is 0 Å². The lowest BCUT2D eigenvalue weighted by Crippen LogP contribution is -1.92. The summed E-state index contributed by atoms with van der Waals surface area (Å²) >= 11 is 0. The van der Waals surface area contributed by atoms with Crippen LogP contribution in [0.2, 0.25) is 0 Å². The number of allylic oxidation sites excluding steroid dienone is 1. The Morgan fingerprint density at radius 2 is 1.79 bits per heavy atom. The fourth-order valence-corrected chi connectivity index (χ4v) is 2.00. The van der Waals surface area contributed by atoms with E-state index in [1.54, 1.807) is 0 Å². The van der Waals surface area contributed by atoms with Gasteiger partial charge >= 0.3 is 0 Å². The largest absolute Gasteiger partial charge is 0.454 e. The molecular formula is C16H15NO2. The maximum Gasteiger partial charge on any atom is 0.231 e. The second-order valence-electron chi connectivity index (χ2n) is 4.46. The molecule has 0 saturated carbocycles. The average molecular weight is 253 g/mol. The monoisotopic (exact) mass is 253 g/mol. The quantitative estimate of drug-likeness (QED) is 0.854. The molecule has 0 aliphatic carbocycles. The summed E-state index contributed by atoms with van der Waals surface area (Å²) in [5.74, 6) is 1.63. The highest BCUT2D eigenvalue weighted by Crippen LogP contribution is 2.32. The maximum atomic E-state index is 5.65. The highest BCUT2D eigenvalue weighted by molar-refractivity contribution is 5.56. The normalized spacial score (nSPS) is 13.1. The first-order valence-electron chi connectivity index (χ1n) is 6.22. The van der Waals surface area contributed by atoms with Gasteiger partial charge in [0.2, 0.25) is 6.79 Å². The number of hydrogen-bond acceptors (Lipinski definition) is 3. The average Bonchev–Trinajstić information content (AvgIpc) is 2.88. The molecule has 0 atom stereocenters. The van der Waals surface area contributed by atoms with Gasteiger partial charge in [0.05, 0.1) is 0 Å². The molecule has 2 aromatic carbocycles. The van der Waals surface area contributed by atoms with Crippen LogP contribution in [-0.2, 0) is 6.42 Å². The molecule has 1 aliphatic rings. The number of ether oxygens (including phenoxy) is 2. The molecule has 3 nitrogen and oxygen atoms in total. The van der Waals surface area contributed by atoms with Crippen molar-refractivity contribution >= 4 is 11.8 Å². The van der Waals surface area contributed by atoms with E-state index in [1.165, 1.54) is 5.56 Å². The van der Waals surface area contributed by atoms with E-state index in [-0.39, 0.29) is 0 Å². The Morgan fingerprint density at radius 1 is 1.00 bits per heavy atom. The van der Waals surface area contributed by atoms with E-state index in [0.717, 1.165) is 29.2 Å². The van der Waals surface area contributed by atoms with Crippen LogP contribution in [0.25, 0.3) is 6.08 Å². The number of anilines is 1. The van der Waals surface area contributed by atoms with E-state index in [4.69, 9.17) is 15.2 Å². The van der Waals surface area contributed by atoms with E-state index in [1.807, 2.05) is 42.5 Å². The Morgan fingerprint density at radius 3 is 2.63 bits per heavy atom. The first-order valence-corrected chi connectivity index (χ1v) is 6.22. The summed E-state index contributed by atoms with van der Waals surface area (Å²) in [6.45, 7) is 0.313. The number of hydrogen-bond donors (Lipinski definition) is 1. The summed E-state index contributed by atoms with van der Waals surface area (Å²) < 4.78 is 10.6. The number of fused-ring (bicyclic) bond motifs is 1. The molecule has 19 heavy (non-hydrogen) atoms. The van der Waals surface area contributed by atoms with Crippen molar-refractivity contribution in [3.63, 3.8) is 0 Å². The summed E-state index contributed by atoms with van der Waals surface area (Å²) in [4.78, 5) is 0. The molecular weight excluding hydrogens is 238 g/mol. The minimum atomic E-state index is 0.313. The molecule has 0 unspecified atom stereocenters. The van der Waals surface area contributed by atoms with Crippen molar-refractivity contribution in [2.45, 2.75) is 6.42 Å². The first kappa shape index (κ1) is 11.7. The lowest BCUT2D eigenvalue weighted by molar-refractivity contribution is 0.174. The molecule has 3 heteroatoms. The Bertz CT molecular complexity index is 603. The second kappa shape index (κ2) is 5.06. The standard InChI is InChI=1S/C16H15NO2/c17-14-7-4-12(5-8-14)2-1-3-13-6-9-15-16(10-13)19-11-18-15/h1,3-10H,2,11,17H2/b3-1+. The van der Waals surface area contributed by atoms with Crippen molar-refractivity contribution < 1.29 is 9.47 Å². The summed E-state index contributed by atoms with van der Waals surface area (Å²) in [6, 6.07) is 13.9. The Balaban J connectivity index is 1.67. The molecule has 0 fully saturated rings. The van der Waals surface area contributed by atoms with Gasteiger partial charge in [-0.2, -0.15) is 0 Å². The topological polar surface area (TPSA) is 44.5 Å². The molecule has 0 amide bonds. The van der Waals surface area contributed by atoms with E-state index >= 15 is 0 Å². The summed E-state index contributed by atoms with van der Waals surface area (Å²) in [6.07, 6.45) is 5.09. The lowest BCUT2D eigenvalue weighted by Gasteiger charge is -1.99. The van der Waals surface area contributed by atoms with Gasteiger partial charge in [0.25, 0.3) is 0 Å². The van der Waals surface area contributed by atoms with E-state index in [2.05, 4.69) is 12.2 Å². The zero-order valence-electron chi connectivity index (χ0n) is 10.5. The Labute approximate surface area is 112 Å². The van der Waals surface area contributed by atoms with Crippen molar-refractivity contribution in [2.24, 2.45) is 0 Å². The molecule has 1 aliphatic heterocycles. The van der Waals surface area contributed by atoms with Gasteiger partial charge in [-0.05, 0) is 41.8 Å². The number of nitrogen functional groups attached to an aromatic ring is 1. The van der Waals surface area contributed by atoms with Crippen LogP contribution < -0.4 is 15.2 Å². The number of rotatable bonds is 3. The molecule has 3 rings (SSSR count).